The summed E-state index contributed by atoms with van der Waals surface area (Å²) in [6, 6.07) is 30.3. The Hall–Kier alpha value is -3.38. The second-order valence-electron chi connectivity index (χ2n) is 7.32. The van der Waals surface area contributed by atoms with Gasteiger partial charge in [-0.1, -0.05) is 150 Å². The van der Waals surface area contributed by atoms with Gasteiger partial charge in [-0.2, -0.15) is 0 Å². The monoisotopic (exact) mass is 450 g/mol. The van der Waals surface area contributed by atoms with Crippen molar-refractivity contribution in [3.63, 3.8) is 0 Å². The van der Waals surface area contributed by atoms with E-state index in [9.17, 15) is 0 Å². The molecule has 0 spiro atoms. The van der Waals surface area contributed by atoms with Gasteiger partial charge in [0.15, 0.2) is 0 Å². The molecule has 0 amide bonds. The first-order valence-corrected chi connectivity index (χ1v) is 12.7. The van der Waals surface area contributed by atoms with Gasteiger partial charge >= 0.3 is 0 Å². The molecule has 0 radical (unpaired) electrons. The molecule has 0 saturated heterocycles. The van der Waals surface area contributed by atoms with E-state index in [-0.39, 0.29) is 0 Å². The van der Waals surface area contributed by atoms with Crippen molar-refractivity contribution in [2.24, 2.45) is 0 Å². The van der Waals surface area contributed by atoms with Gasteiger partial charge in [-0.3, -0.25) is 0 Å². The van der Waals surface area contributed by atoms with Gasteiger partial charge in [-0.25, -0.2) is 0 Å². The van der Waals surface area contributed by atoms with Gasteiger partial charge < -0.3 is 0 Å². The zero-order valence-corrected chi connectivity index (χ0v) is 22.4. The molecule has 0 atom stereocenters. The standard InChI is InChI=1S/C28H24.3C2H6/c1-21-7-11-23(12-8-21)15-17-27-19-25-5-3-4-6-26(25)20-28(27)18-16-24-13-9-22(2)10-14-24;3*1-2/h3-20H,1-2H3;3*1-2H3/b17-15-,18-16-;;;. The predicted octanol–water partition coefficient (Wildman–Crippen LogP) is 10.9. The highest BCUT2D eigenvalue weighted by Crippen LogP contribution is 2.24. The Morgan fingerprint density at radius 3 is 1.06 bits per heavy atom. The van der Waals surface area contributed by atoms with E-state index in [2.05, 4.69) is 123 Å². The van der Waals surface area contributed by atoms with Crippen molar-refractivity contribution in [3.8, 4) is 0 Å². The molecule has 0 fully saturated rings. The van der Waals surface area contributed by atoms with Crippen LogP contribution in [0.2, 0.25) is 0 Å². The van der Waals surface area contributed by atoms with Gasteiger partial charge in [0.1, 0.15) is 0 Å². The molecule has 4 aromatic rings. The van der Waals surface area contributed by atoms with Gasteiger partial charge in [0.05, 0.1) is 0 Å². The summed E-state index contributed by atoms with van der Waals surface area (Å²) in [6.45, 7) is 16.2. The third-order valence-corrected chi connectivity index (χ3v) is 5.02. The van der Waals surface area contributed by atoms with E-state index in [1.165, 1.54) is 44.2 Å². The fraction of sp³-hybridized carbons (Fsp3) is 0.235. The van der Waals surface area contributed by atoms with Crippen molar-refractivity contribution in [1.82, 2.24) is 0 Å². The molecule has 0 aliphatic carbocycles. The van der Waals surface area contributed by atoms with Crippen molar-refractivity contribution in [2.75, 3.05) is 0 Å². The van der Waals surface area contributed by atoms with Crippen molar-refractivity contribution in [1.29, 1.82) is 0 Å². The van der Waals surface area contributed by atoms with Crippen molar-refractivity contribution in [3.05, 3.63) is 118 Å². The molecule has 0 unspecified atom stereocenters. The molecule has 0 N–H and O–H groups in total. The van der Waals surface area contributed by atoms with Gasteiger partial charge in [-0.05, 0) is 59.0 Å². The van der Waals surface area contributed by atoms with Crippen LogP contribution >= 0.6 is 0 Å². The van der Waals surface area contributed by atoms with E-state index >= 15 is 0 Å². The Labute approximate surface area is 208 Å². The minimum Gasteiger partial charge on any atom is -0.0683 e. The fourth-order valence-electron chi connectivity index (χ4n) is 3.29. The minimum atomic E-state index is 1.22. The van der Waals surface area contributed by atoms with Crippen molar-refractivity contribution in [2.45, 2.75) is 55.4 Å². The molecule has 4 aromatic carbocycles. The molecule has 0 heterocycles. The summed E-state index contributed by atoms with van der Waals surface area (Å²) in [5, 5.41) is 2.53. The molecule has 0 heteroatoms. The molecule has 0 aliphatic heterocycles. The first kappa shape index (κ1) is 28.7. The smallest absolute Gasteiger partial charge is 0.0177 e. The molecule has 178 valence electrons. The average Bonchev–Trinajstić information content (AvgIpc) is 2.91. The average molecular weight is 451 g/mol. The van der Waals surface area contributed by atoms with Gasteiger partial charge in [-0.15, -0.1) is 0 Å². The summed E-state index contributed by atoms with van der Waals surface area (Å²) >= 11 is 0. The second-order valence-corrected chi connectivity index (χ2v) is 7.32. The molecule has 0 aromatic heterocycles. The maximum Gasteiger partial charge on any atom is -0.0177 e. The minimum absolute atomic E-state index is 1.22. The van der Waals surface area contributed by atoms with Crippen LogP contribution in [0.4, 0.5) is 0 Å². The van der Waals surface area contributed by atoms with Crippen LogP contribution in [0.1, 0.15) is 74.9 Å². The van der Waals surface area contributed by atoms with Crippen LogP contribution in [0, 0.1) is 13.8 Å². The molecule has 0 aliphatic rings. The Bertz CT molecular complexity index is 1050. The van der Waals surface area contributed by atoms with E-state index in [0.717, 1.165) is 0 Å². The van der Waals surface area contributed by atoms with Gasteiger partial charge in [0, 0.05) is 0 Å². The Morgan fingerprint density at radius 2 is 0.735 bits per heavy atom. The maximum absolute atomic E-state index is 2.27. The number of hydrogen-bond acceptors (Lipinski definition) is 0. The quantitative estimate of drug-likeness (QED) is 0.271. The number of benzene rings is 4. The lowest BCUT2D eigenvalue weighted by Crippen LogP contribution is -1.84. The summed E-state index contributed by atoms with van der Waals surface area (Å²) in [5.41, 5.74) is 7.44. The van der Waals surface area contributed by atoms with Crippen molar-refractivity contribution >= 4 is 35.1 Å². The topological polar surface area (TPSA) is 0 Å². The predicted molar refractivity (Wildman–Crippen MR) is 158 cm³/mol. The molecular weight excluding hydrogens is 408 g/mol. The lowest BCUT2D eigenvalue weighted by atomic mass is 9.98. The van der Waals surface area contributed by atoms with Crippen LogP contribution < -0.4 is 0 Å². The number of hydrogen-bond donors (Lipinski definition) is 0. The third kappa shape index (κ3) is 8.87. The lowest BCUT2D eigenvalue weighted by Gasteiger charge is -2.06. The van der Waals surface area contributed by atoms with E-state index in [1.54, 1.807) is 0 Å². The van der Waals surface area contributed by atoms with Gasteiger partial charge in [0.2, 0.25) is 0 Å². The molecule has 0 bridgehead atoms. The Balaban J connectivity index is 0.000000894. The van der Waals surface area contributed by atoms with E-state index in [1.807, 2.05) is 41.5 Å². The third-order valence-electron chi connectivity index (χ3n) is 5.02. The molecule has 0 saturated carbocycles. The molecular formula is C34H42. The SMILES string of the molecule is CC.CC.CC.Cc1ccc(/C=C\c2cc3ccccc3cc2/C=C\c2ccc(C)cc2)cc1. The number of aryl methyl sites for hydroxylation is 2. The number of fused-ring (bicyclic) bond motifs is 1. The van der Waals surface area contributed by atoms with Crippen LogP contribution in [-0.4, -0.2) is 0 Å². The highest BCUT2D eigenvalue weighted by Gasteiger charge is 2.01. The lowest BCUT2D eigenvalue weighted by molar-refractivity contribution is 1.46. The van der Waals surface area contributed by atoms with E-state index in [0.29, 0.717) is 0 Å². The summed E-state index contributed by atoms with van der Waals surface area (Å²) in [5.74, 6) is 0. The first-order chi connectivity index (χ1) is 16.7. The highest BCUT2D eigenvalue weighted by molar-refractivity contribution is 5.91. The first-order valence-electron chi connectivity index (χ1n) is 12.7. The second kappa shape index (κ2) is 16.3. The van der Waals surface area contributed by atoms with Crippen molar-refractivity contribution < 1.29 is 0 Å². The summed E-state index contributed by atoms with van der Waals surface area (Å²) in [7, 11) is 0. The van der Waals surface area contributed by atoms with Crippen LogP contribution in [0.25, 0.3) is 35.1 Å². The van der Waals surface area contributed by atoms with E-state index in [4.69, 9.17) is 0 Å². The Morgan fingerprint density at radius 1 is 0.412 bits per heavy atom. The largest absolute Gasteiger partial charge is 0.0683 e. The highest BCUT2D eigenvalue weighted by atomic mass is 14.1. The zero-order valence-electron chi connectivity index (χ0n) is 22.4. The van der Waals surface area contributed by atoms with Crippen LogP contribution in [0.15, 0.2) is 84.9 Å². The molecule has 34 heavy (non-hydrogen) atoms. The Kier molecular flexibility index (Phi) is 13.7. The van der Waals surface area contributed by atoms with Crippen LogP contribution in [0.5, 0.6) is 0 Å². The van der Waals surface area contributed by atoms with Gasteiger partial charge in [0.25, 0.3) is 0 Å². The van der Waals surface area contributed by atoms with Crippen LogP contribution in [-0.2, 0) is 0 Å². The van der Waals surface area contributed by atoms with Crippen LogP contribution in [0.3, 0.4) is 0 Å². The normalized spacial score (nSPS) is 10.1. The summed E-state index contributed by atoms with van der Waals surface area (Å²) in [4.78, 5) is 0. The summed E-state index contributed by atoms with van der Waals surface area (Å²) in [6.07, 6.45) is 8.80. The fourth-order valence-corrected chi connectivity index (χ4v) is 3.29. The zero-order chi connectivity index (χ0) is 25.3. The molecule has 4 rings (SSSR count). The maximum atomic E-state index is 2.27. The number of rotatable bonds is 4. The molecule has 0 nitrogen and oxygen atoms in total. The van der Waals surface area contributed by atoms with E-state index < -0.39 is 0 Å². The summed E-state index contributed by atoms with van der Waals surface area (Å²) < 4.78 is 0.